The van der Waals surface area contributed by atoms with Crippen LogP contribution in [0.15, 0.2) is 66.7 Å². The SMILES string of the molecule is CCCS(=O)(=O)Nc1ccc(Nc2cc(NC(C)=O)cc3nc4ccccc4cc23)cc1. The highest BCUT2D eigenvalue weighted by Gasteiger charge is 2.11. The fraction of sp³-hybridized carbons (Fsp3) is 0.167. The quantitative estimate of drug-likeness (QED) is 0.336. The molecule has 1 amide bonds. The smallest absolute Gasteiger partial charge is 0.232 e. The van der Waals surface area contributed by atoms with Gasteiger partial charge < -0.3 is 10.6 Å². The van der Waals surface area contributed by atoms with Crippen LogP contribution in [0, 0.1) is 0 Å². The first kappa shape index (κ1) is 21.6. The van der Waals surface area contributed by atoms with Gasteiger partial charge in [0.15, 0.2) is 0 Å². The summed E-state index contributed by atoms with van der Waals surface area (Å²) in [6, 6.07) is 20.6. The van der Waals surface area contributed by atoms with E-state index in [1.165, 1.54) is 6.92 Å². The van der Waals surface area contributed by atoms with E-state index in [9.17, 15) is 13.2 Å². The number of aromatic nitrogens is 1. The number of pyridine rings is 1. The summed E-state index contributed by atoms with van der Waals surface area (Å²) in [4.78, 5) is 16.4. The number of amides is 1. The number of anilines is 4. The first-order valence-corrected chi connectivity index (χ1v) is 12.0. The molecule has 0 aliphatic rings. The summed E-state index contributed by atoms with van der Waals surface area (Å²) in [5.74, 6) is -0.0876. The molecule has 1 heterocycles. The van der Waals surface area contributed by atoms with Crippen molar-refractivity contribution in [1.29, 1.82) is 0 Å². The zero-order chi connectivity index (χ0) is 22.7. The van der Waals surface area contributed by atoms with Crippen LogP contribution in [0.4, 0.5) is 22.7 Å². The molecule has 0 atom stereocenters. The molecule has 4 rings (SSSR count). The third-order valence-electron chi connectivity index (χ3n) is 4.87. The predicted octanol–water partition coefficient (Wildman–Crippen LogP) is 5.24. The highest BCUT2D eigenvalue weighted by atomic mass is 32.2. The molecule has 0 aliphatic heterocycles. The van der Waals surface area contributed by atoms with Crippen LogP contribution in [0.1, 0.15) is 20.3 Å². The molecule has 3 aromatic carbocycles. The number of benzene rings is 3. The van der Waals surface area contributed by atoms with Crippen molar-refractivity contribution in [3.05, 3.63) is 66.7 Å². The van der Waals surface area contributed by atoms with Crippen molar-refractivity contribution in [2.45, 2.75) is 20.3 Å². The van der Waals surface area contributed by atoms with Crippen molar-refractivity contribution in [3.8, 4) is 0 Å². The summed E-state index contributed by atoms with van der Waals surface area (Å²) in [5.41, 5.74) is 4.32. The molecule has 164 valence electrons. The van der Waals surface area contributed by atoms with Gasteiger partial charge in [0.1, 0.15) is 0 Å². The second kappa shape index (κ2) is 8.84. The fourth-order valence-electron chi connectivity index (χ4n) is 3.53. The third kappa shape index (κ3) is 4.97. The Morgan fingerprint density at radius 1 is 0.906 bits per heavy atom. The number of nitrogens with zero attached hydrogens (tertiary/aromatic N) is 1. The Balaban J connectivity index is 1.70. The van der Waals surface area contributed by atoms with E-state index < -0.39 is 10.0 Å². The van der Waals surface area contributed by atoms with Gasteiger partial charge in [-0.1, -0.05) is 25.1 Å². The normalized spacial score (nSPS) is 11.4. The molecule has 4 aromatic rings. The molecule has 0 saturated heterocycles. The first-order chi connectivity index (χ1) is 15.3. The maximum absolute atomic E-state index is 12.0. The minimum atomic E-state index is -3.34. The van der Waals surface area contributed by atoms with Gasteiger partial charge in [0.25, 0.3) is 0 Å². The maximum Gasteiger partial charge on any atom is 0.232 e. The second-order valence-corrected chi connectivity index (χ2v) is 9.42. The number of carbonyl (C=O) groups is 1. The van der Waals surface area contributed by atoms with Gasteiger partial charge in [-0.15, -0.1) is 0 Å². The minimum absolute atomic E-state index is 0.0793. The van der Waals surface area contributed by atoms with Crippen LogP contribution < -0.4 is 15.4 Å². The van der Waals surface area contributed by atoms with Crippen LogP contribution in [-0.4, -0.2) is 25.1 Å². The Morgan fingerprint density at radius 3 is 2.34 bits per heavy atom. The van der Waals surface area contributed by atoms with Gasteiger partial charge >= 0.3 is 0 Å². The van der Waals surface area contributed by atoms with Crippen LogP contribution in [-0.2, 0) is 14.8 Å². The number of rotatable bonds is 7. The molecular formula is C24H24N4O3S. The van der Waals surface area contributed by atoms with Crippen molar-refractivity contribution < 1.29 is 13.2 Å². The van der Waals surface area contributed by atoms with E-state index in [2.05, 4.69) is 21.4 Å². The van der Waals surface area contributed by atoms with Gasteiger partial charge in [0.05, 0.1) is 22.5 Å². The summed E-state index contributed by atoms with van der Waals surface area (Å²) in [5, 5.41) is 8.11. The second-order valence-electron chi connectivity index (χ2n) is 7.58. The van der Waals surface area contributed by atoms with E-state index in [1.807, 2.05) is 43.3 Å². The zero-order valence-electron chi connectivity index (χ0n) is 17.8. The van der Waals surface area contributed by atoms with E-state index in [4.69, 9.17) is 4.98 Å². The highest BCUT2D eigenvalue weighted by molar-refractivity contribution is 7.92. The Bertz CT molecular complexity index is 1400. The lowest BCUT2D eigenvalue weighted by Gasteiger charge is -2.14. The third-order valence-corrected chi connectivity index (χ3v) is 6.36. The number of carbonyl (C=O) groups excluding carboxylic acids is 1. The van der Waals surface area contributed by atoms with E-state index in [-0.39, 0.29) is 11.7 Å². The van der Waals surface area contributed by atoms with Crippen molar-refractivity contribution in [2.24, 2.45) is 0 Å². The van der Waals surface area contributed by atoms with Gasteiger partial charge in [-0.05, 0) is 55.0 Å². The van der Waals surface area contributed by atoms with Crippen LogP contribution in [0.3, 0.4) is 0 Å². The van der Waals surface area contributed by atoms with Crippen LogP contribution >= 0.6 is 0 Å². The Kier molecular flexibility index (Phi) is 5.96. The molecule has 0 spiro atoms. The molecule has 32 heavy (non-hydrogen) atoms. The fourth-order valence-corrected chi connectivity index (χ4v) is 4.67. The van der Waals surface area contributed by atoms with Gasteiger partial charge in [-0.3, -0.25) is 9.52 Å². The molecule has 0 radical (unpaired) electrons. The van der Waals surface area contributed by atoms with E-state index in [1.54, 1.807) is 24.3 Å². The monoisotopic (exact) mass is 448 g/mol. The lowest BCUT2D eigenvalue weighted by Crippen LogP contribution is -2.15. The van der Waals surface area contributed by atoms with E-state index >= 15 is 0 Å². The molecular weight excluding hydrogens is 424 g/mol. The van der Waals surface area contributed by atoms with E-state index in [0.717, 1.165) is 33.2 Å². The van der Waals surface area contributed by atoms with Crippen LogP contribution in [0.25, 0.3) is 21.8 Å². The molecule has 0 aliphatic carbocycles. The van der Waals surface area contributed by atoms with Crippen LogP contribution in [0.2, 0.25) is 0 Å². The first-order valence-electron chi connectivity index (χ1n) is 10.3. The highest BCUT2D eigenvalue weighted by Crippen LogP contribution is 2.32. The van der Waals surface area contributed by atoms with Gasteiger partial charge in [0.2, 0.25) is 15.9 Å². The van der Waals surface area contributed by atoms with Crippen molar-refractivity contribution in [1.82, 2.24) is 4.98 Å². The summed E-state index contributed by atoms with van der Waals surface area (Å²) < 4.78 is 26.6. The molecule has 0 bridgehead atoms. The molecule has 1 aromatic heterocycles. The largest absolute Gasteiger partial charge is 0.355 e. The Labute approximate surface area is 186 Å². The van der Waals surface area contributed by atoms with Gasteiger partial charge in [0, 0.05) is 34.8 Å². The standard InChI is InChI=1S/C24H24N4O3S/c1-3-12-32(30,31)28-19-10-8-18(9-11-19)26-23-14-20(25-16(2)29)15-24-21(23)13-17-6-4-5-7-22(17)27-24/h4-11,13-15,26,28H,3,12H2,1-2H3,(H,25,29). The number of sulfonamides is 1. The van der Waals surface area contributed by atoms with Crippen molar-refractivity contribution >= 4 is 60.5 Å². The zero-order valence-corrected chi connectivity index (χ0v) is 18.7. The lowest BCUT2D eigenvalue weighted by molar-refractivity contribution is -0.114. The average molecular weight is 449 g/mol. The Morgan fingerprint density at radius 2 is 1.62 bits per heavy atom. The topological polar surface area (TPSA) is 100 Å². The van der Waals surface area contributed by atoms with Crippen molar-refractivity contribution in [3.63, 3.8) is 0 Å². The molecule has 3 N–H and O–H groups in total. The molecule has 0 saturated carbocycles. The molecule has 0 fully saturated rings. The summed E-state index contributed by atoms with van der Waals surface area (Å²) in [6.07, 6.45) is 0.551. The Hall–Kier alpha value is -3.65. The number of hydrogen-bond acceptors (Lipinski definition) is 5. The van der Waals surface area contributed by atoms with Gasteiger partial charge in [-0.25, -0.2) is 13.4 Å². The summed E-state index contributed by atoms with van der Waals surface area (Å²) in [7, 11) is -3.34. The lowest BCUT2D eigenvalue weighted by atomic mass is 10.1. The number of hydrogen-bond donors (Lipinski definition) is 3. The summed E-state index contributed by atoms with van der Waals surface area (Å²) in [6.45, 7) is 3.28. The van der Waals surface area contributed by atoms with Gasteiger partial charge in [-0.2, -0.15) is 0 Å². The van der Waals surface area contributed by atoms with Crippen LogP contribution in [0.5, 0.6) is 0 Å². The summed E-state index contributed by atoms with van der Waals surface area (Å²) >= 11 is 0. The number of para-hydroxylation sites is 1. The molecule has 7 nitrogen and oxygen atoms in total. The predicted molar refractivity (Wildman–Crippen MR) is 131 cm³/mol. The minimum Gasteiger partial charge on any atom is -0.355 e. The van der Waals surface area contributed by atoms with Crippen molar-refractivity contribution in [2.75, 3.05) is 21.1 Å². The molecule has 0 unspecified atom stereocenters. The average Bonchev–Trinajstić information content (AvgIpc) is 2.73. The number of nitrogens with one attached hydrogen (secondary N) is 3. The van der Waals surface area contributed by atoms with E-state index in [0.29, 0.717) is 17.8 Å². The number of fused-ring (bicyclic) bond motifs is 2. The molecule has 8 heteroatoms. The maximum atomic E-state index is 12.0.